The van der Waals surface area contributed by atoms with E-state index in [9.17, 15) is 9.18 Å². The van der Waals surface area contributed by atoms with Gasteiger partial charge in [0.05, 0.1) is 17.3 Å². The molecule has 98 valence electrons. The van der Waals surface area contributed by atoms with Gasteiger partial charge >= 0.3 is 5.97 Å². The van der Waals surface area contributed by atoms with Crippen molar-refractivity contribution < 1.29 is 13.9 Å². The maximum absolute atomic E-state index is 12.9. The Labute approximate surface area is 115 Å². The second kappa shape index (κ2) is 5.80. The molecule has 0 aliphatic heterocycles. The molecule has 0 atom stereocenters. The number of esters is 1. The van der Waals surface area contributed by atoms with Gasteiger partial charge < -0.3 is 4.74 Å². The first-order chi connectivity index (χ1) is 9.13. The SMILES string of the molecule is CCOC(=O)c1c(Cl)ccnc1-c1ccc(F)cc1. The van der Waals surface area contributed by atoms with Crippen molar-refractivity contribution in [3.8, 4) is 11.3 Å². The van der Waals surface area contributed by atoms with Crippen LogP contribution in [0.1, 0.15) is 17.3 Å². The van der Waals surface area contributed by atoms with Crippen LogP contribution in [0.15, 0.2) is 36.5 Å². The van der Waals surface area contributed by atoms with Gasteiger partial charge in [0, 0.05) is 11.8 Å². The number of pyridine rings is 1. The minimum absolute atomic E-state index is 0.192. The molecule has 2 aromatic rings. The largest absolute Gasteiger partial charge is 0.462 e. The lowest BCUT2D eigenvalue weighted by Gasteiger charge is -2.09. The molecule has 0 unspecified atom stereocenters. The fourth-order valence-electron chi connectivity index (χ4n) is 1.66. The van der Waals surface area contributed by atoms with E-state index >= 15 is 0 Å². The number of hydrogen-bond donors (Lipinski definition) is 0. The van der Waals surface area contributed by atoms with Crippen LogP contribution >= 0.6 is 11.6 Å². The van der Waals surface area contributed by atoms with Crippen LogP contribution in [-0.2, 0) is 4.74 Å². The maximum Gasteiger partial charge on any atom is 0.341 e. The third-order valence-corrected chi connectivity index (χ3v) is 2.81. The van der Waals surface area contributed by atoms with Crippen molar-refractivity contribution in [3.05, 3.63) is 52.9 Å². The molecule has 0 aliphatic carbocycles. The second-order valence-corrected chi connectivity index (χ2v) is 4.15. The monoisotopic (exact) mass is 279 g/mol. The van der Waals surface area contributed by atoms with Gasteiger partial charge in [-0.05, 0) is 37.3 Å². The summed E-state index contributed by atoms with van der Waals surface area (Å²) in [5.41, 5.74) is 1.18. The summed E-state index contributed by atoms with van der Waals surface area (Å²) in [7, 11) is 0. The summed E-state index contributed by atoms with van der Waals surface area (Å²) in [6, 6.07) is 7.19. The Morgan fingerprint density at radius 2 is 2.00 bits per heavy atom. The van der Waals surface area contributed by atoms with Crippen molar-refractivity contribution >= 4 is 17.6 Å². The van der Waals surface area contributed by atoms with E-state index in [0.717, 1.165) is 0 Å². The van der Waals surface area contributed by atoms with Crippen LogP contribution in [0.2, 0.25) is 5.02 Å². The number of nitrogens with zero attached hydrogens (tertiary/aromatic N) is 1. The molecule has 19 heavy (non-hydrogen) atoms. The lowest BCUT2D eigenvalue weighted by atomic mass is 10.1. The van der Waals surface area contributed by atoms with Gasteiger partial charge in [-0.3, -0.25) is 4.98 Å². The zero-order chi connectivity index (χ0) is 13.8. The van der Waals surface area contributed by atoms with Crippen molar-refractivity contribution in [2.24, 2.45) is 0 Å². The summed E-state index contributed by atoms with van der Waals surface area (Å²) in [4.78, 5) is 16.0. The molecule has 0 bridgehead atoms. The van der Waals surface area contributed by atoms with Crippen LogP contribution < -0.4 is 0 Å². The van der Waals surface area contributed by atoms with Crippen molar-refractivity contribution in [2.75, 3.05) is 6.61 Å². The van der Waals surface area contributed by atoms with Crippen molar-refractivity contribution in [2.45, 2.75) is 6.92 Å². The van der Waals surface area contributed by atoms with Gasteiger partial charge in [-0.2, -0.15) is 0 Å². The van der Waals surface area contributed by atoms with Gasteiger partial charge in [-0.1, -0.05) is 11.6 Å². The minimum Gasteiger partial charge on any atom is -0.462 e. The van der Waals surface area contributed by atoms with E-state index in [-0.39, 0.29) is 23.0 Å². The number of carbonyl (C=O) groups is 1. The normalized spacial score (nSPS) is 10.3. The molecule has 0 N–H and O–H groups in total. The highest BCUT2D eigenvalue weighted by Gasteiger charge is 2.19. The van der Waals surface area contributed by atoms with Crippen molar-refractivity contribution in [3.63, 3.8) is 0 Å². The van der Waals surface area contributed by atoms with Crippen LogP contribution in [0.5, 0.6) is 0 Å². The molecule has 0 aliphatic rings. The summed E-state index contributed by atoms with van der Waals surface area (Å²) >= 11 is 6.03. The summed E-state index contributed by atoms with van der Waals surface area (Å²) < 4.78 is 17.9. The van der Waals surface area contributed by atoms with E-state index in [1.165, 1.54) is 36.5 Å². The average Bonchev–Trinajstić information content (AvgIpc) is 2.39. The molecule has 1 aromatic heterocycles. The predicted molar refractivity (Wildman–Crippen MR) is 70.6 cm³/mol. The van der Waals surface area contributed by atoms with E-state index in [1.807, 2.05) is 0 Å². The van der Waals surface area contributed by atoms with Crippen LogP contribution in [0.25, 0.3) is 11.3 Å². The standard InChI is InChI=1S/C14H11ClFNO2/c1-2-19-14(18)12-11(15)7-8-17-13(12)9-3-5-10(16)6-4-9/h3-8H,2H2,1H3. The van der Waals surface area contributed by atoms with Gasteiger partial charge in [0.2, 0.25) is 0 Å². The van der Waals surface area contributed by atoms with Crippen molar-refractivity contribution in [1.82, 2.24) is 4.98 Å². The van der Waals surface area contributed by atoms with Crippen LogP contribution in [-0.4, -0.2) is 17.6 Å². The van der Waals surface area contributed by atoms with Gasteiger partial charge in [-0.25, -0.2) is 9.18 Å². The summed E-state index contributed by atoms with van der Waals surface area (Å²) in [6.45, 7) is 1.95. The van der Waals surface area contributed by atoms with Gasteiger partial charge in [0.15, 0.2) is 0 Å². The van der Waals surface area contributed by atoms with Gasteiger partial charge in [0.1, 0.15) is 11.4 Å². The number of aromatic nitrogens is 1. The first kappa shape index (κ1) is 13.5. The van der Waals surface area contributed by atoms with Crippen LogP contribution in [0.4, 0.5) is 4.39 Å². The van der Waals surface area contributed by atoms with E-state index in [2.05, 4.69) is 4.98 Å². The zero-order valence-corrected chi connectivity index (χ0v) is 10.9. The third kappa shape index (κ3) is 2.90. The number of carbonyl (C=O) groups excluding carboxylic acids is 1. The van der Waals surface area contributed by atoms with E-state index < -0.39 is 5.97 Å². The summed E-state index contributed by atoms with van der Waals surface area (Å²) in [6.07, 6.45) is 1.49. The molecule has 0 saturated heterocycles. The molecule has 3 nitrogen and oxygen atoms in total. The topological polar surface area (TPSA) is 39.2 Å². The van der Waals surface area contributed by atoms with Gasteiger partial charge in [0.25, 0.3) is 0 Å². The van der Waals surface area contributed by atoms with E-state index in [1.54, 1.807) is 6.92 Å². The molecular weight excluding hydrogens is 269 g/mol. The molecule has 2 rings (SSSR count). The highest BCUT2D eigenvalue weighted by molar-refractivity contribution is 6.34. The molecule has 0 saturated carbocycles. The molecule has 0 radical (unpaired) electrons. The lowest BCUT2D eigenvalue weighted by Crippen LogP contribution is -2.08. The smallest absolute Gasteiger partial charge is 0.341 e. The predicted octanol–water partition coefficient (Wildman–Crippen LogP) is 3.72. The fraction of sp³-hybridized carbons (Fsp3) is 0.143. The third-order valence-electron chi connectivity index (χ3n) is 2.50. The van der Waals surface area contributed by atoms with Crippen LogP contribution in [0, 0.1) is 5.82 Å². The minimum atomic E-state index is -0.542. The number of rotatable bonds is 3. The maximum atomic E-state index is 12.9. The fourth-order valence-corrected chi connectivity index (χ4v) is 1.89. The number of hydrogen-bond acceptors (Lipinski definition) is 3. The molecule has 1 heterocycles. The molecule has 0 fully saturated rings. The van der Waals surface area contributed by atoms with Crippen LogP contribution in [0.3, 0.4) is 0 Å². The van der Waals surface area contributed by atoms with E-state index in [0.29, 0.717) is 11.3 Å². The Morgan fingerprint density at radius 1 is 1.32 bits per heavy atom. The molecule has 1 aromatic carbocycles. The number of benzene rings is 1. The summed E-state index contributed by atoms with van der Waals surface area (Å²) in [5, 5.41) is 0.257. The molecule has 0 spiro atoms. The van der Waals surface area contributed by atoms with E-state index in [4.69, 9.17) is 16.3 Å². The molecule has 0 amide bonds. The highest BCUT2D eigenvalue weighted by Crippen LogP contribution is 2.27. The first-order valence-electron chi connectivity index (χ1n) is 5.71. The summed E-state index contributed by atoms with van der Waals surface area (Å²) in [5.74, 6) is -0.900. The second-order valence-electron chi connectivity index (χ2n) is 3.74. The quantitative estimate of drug-likeness (QED) is 0.804. The Hall–Kier alpha value is -1.94. The molecule has 5 heteroatoms. The Morgan fingerprint density at radius 3 is 2.63 bits per heavy atom. The first-order valence-corrected chi connectivity index (χ1v) is 6.09. The number of halogens is 2. The molecular formula is C14H11ClFNO2. The average molecular weight is 280 g/mol. The number of ether oxygens (including phenoxy) is 1. The lowest BCUT2D eigenvalue weighted by molar-refractivity contribution is 0.0527. The zero-order valence-electron chi connectivity index (χ0n) is 10.2. The Kier molecular flexibility index (Phi) is 4.12. The van der Waals surface area contributed by atoms with Crippen molar-refractivity contribution in [1.29, 1.82) is 0 Å². The van der Waals surface area contributed by atoms with Gasteiger partial charge in [-0.15, -0.1) is 0 Å². The highest BCUT2D eigenvalue weighted by atomic mass is 35.5. The Balaban J connectivity index is 2.54. The Bertz CT molecular complexity index is 599.